The first-order valence-electron chi connectivity index (χ1n) is 21.8. The van der Waals surface area contributed by atoms with Gasteiger partial charge in [0.15, 0.2) is 5.82 Å². The Bertz CT molecular complexity index is 3490. The number of anilines is 3. The van der Waals surface area contributed by atoms with E-state index in [-0.39, 0.29) is 0 Å². The van der Waals surface area contributed by atoms with Gasteiger partial charge in [-0.25, -0.2) is 9.97 Å². The third kappa shape index (κ3) is 7.31. The maximum absolute atomic E-state index is 10.8. The maximum Gasteiger partial charge on any atom is 0.160 e. The summed E-state index contributed by atoms with van der Waals surface area (Å²) >= 11 is 0. The average molecular weight is 843 g/mol. The molecular formula is C60H38N6. The lowest BCUT2D eigenvalue weighted by Gasteiger charge is -2.25. The predicted octanol–water partition coefficient (Wildman–Crippen LogP) is 15.1. The normalized spacial score (nSPS) is 11.0. The molecule has 0 N–H and O–H groups in total. The van der Waals surface area contributed by atoms with Gasteiger partial charge >= 0.3 is 0 Å². The molecule has 0 saturated heterocycles. The number of aromatic nitrogens is 3. The molecular weight excluding hydrogens is 805 g/mol. The van der Waals surface area contributed by atoms with Gasteiger partial charge in [-0.2, -0.15) is 10.5 Å². The summed E-state index contributed by atoms with van der Waals surface area (Å²) < 4.78 is 2.07. The van der Waals surface area contributed by atoms with Gasteiger partial charge in [0.25, 0.3) is 0 Å². The molecule has 0 radical (unpaired) electrons. The maximum atomic E-state index is 10.8. The second-order valence-electron chi connectivity index (χ2n) is 16.1. The molecule has 0 aliphatic carbocycles. The van der Waals surface area contributed by atoms with Crippen LogP contribution in [0.25, 0.3) is 83.6 Å². The summed E-state index contributed by atoms with van der Waals surface area (Å²) in [5, 5.41) is 23.6. The molecule has 0 fully saturated rings. The summed E-state index contributed by atoms with van der Waals surface area (Å²) in [6.07, 6.45) is 0. The van der Waals surface area contributed by atoms with Crippen LogP contribution in [0.3, 0.4) is 0 Å². The SMILES string of the molecule is N#Cc1cc(-c2ccc(-c3ccc(-c4cc(-c5ccccc5)nc(-c5ccccc5)n4)cc3)cc2)cc(C#N)c1-n1c2ccccc2c2cc(N(c3ccccc3)c3ccccc3)ccc21. The van der Waals surface area contributed by atoms with Crippen LogP contribution in [0, 0.1) is 22.7 Å². The molecule has 2 heterocycles. The number of para-hydroxylation sites is 3. The Morgan fingerprint density at radius 1 is 0.348 bits per heavy atom. The molecule has 0 amide bonds. The molecule has 11 aromatic rings. The quantitative estimate of drug-likeness (QED) is 0.145. The minimum absolute atomic E-state index is 0.418. The fourth-order valence-electron chi connectivity index (χ4n) is 8.91. The molecule has 66 heavy (non-hydrogen) atoms. The van der Waals surface area contributed by atoms with Crippen LogP contribution >= 0.6 is 0 Å². The Morgan fingerprint density at radius 2 is 0.788 bits per heavy atom. The van der Waals surface area contributed by atoms with Crippen LogP contribution in [-0.4, -0.2) is 14.5 Å². The van der Waals surface area contributed by atoms with E-state index in [1.54, 1.807) is 0 Å². The van der Waals surface area contributed by atoms with Crippen LogP contribution in [0.2, 0.25) is 0 Å². The first-order valence-corrected chi connectivity index (χ1v) is 21.8. The van der Waals surface area contributed by atoms with Crippen molar-refractivity contribution in [2.45, 2.75) is 0 Å². The summed E-state index contributed by atoms with van der Waals surface area (Å²) in [5.74, 6) is 0.678. The molecule has 0 aliphatic heterocycles. The number of rotatable bonds is 9. The molecule has 0 aliphatic rings. The second-order valence-corrected chi connectivity index (χ2v) is 16.1. The molecule has 11 rings (SSSR count). The summed E-state index contributed by atoms with van der Waals surface area (Å²) in [6, 6.07) is 83.0. The van der Waals surface area contributed by atoms with Gasteiger partial charge in [0.1, 0.15) is 12.1 Å². The second kappa shape index (κ2) is 17.1. The Hall–Kier alpha value is -9.36. The fourth-order valence-corrected chi connectivity index (χ4v) is 8.91. The first kappa shape index (κ1) is 39.5. The highest BCUT2D eigenvalue weighted by atomic mass is 15.1. The minimum atomic E-state index is 0.418. The van der Waals surface area contributed by atoms with Gasteiger partial charge in [0.05, 0.1) is 39.2 Å². The van der Waals surface area contributed by atoms with Gasteiger partial charge in [-0.05, 0) is 89.0 Å². The van der Waals surface area contributed by atoms with Crippen molar-refractivity contribution in [3.8, 4) is 74.0 Å². The van der Waals surface area contributed by atoms with Crippen molar-refractivity contribution in [1.82, 2.24) is 14.5 Å². The number of fused-ring (bicyclic) bond motifs is 3. The molecule has 2 aromatic heterocycles. The molecule has 308 valence electrons. The minimum Gasteiger partial charge on any atom is -0.310 e. The fraction of sp³-hybridized carbons (Fsp3) is 0. The number of nitrogens with zero attached hydrogens (tertiary/aromatic N) is 6. The third-order valence-corrected chi connectivity index (χ3v) is 12.1. The van der Waals surface area contributed by atoms with Gasteiger partial charge in [0.2, 0.25) is 0 Å². The van der Waals surface area contributed by atoms with Crippen molar-refractivity contribution in [1.29, 1.82) is 10.5 Å². The topological polar surface area (TPSA) is 81.5 Å². The Kier molecular flexibility index (Phi) is 10.2. The van der Waals surface area contributed by atoms with E-state index < -0.39 is 0 Å². The lowest BCUT2D eigenvalue weighted by Crippen LogP contribution is -2.09. The van der Waals surface area contributed by atoms with E-state index in [1.807, 2.05) is 115 Å². The number of hydrogen-bond acceptors (Lipinski definition) is 5. The van der Waals surface area contributed by atoms with Crippen molar-refractivity contribution < 1.29 is 0 Å². The van der Waals surface area contributed by atoms with E-state index in [4.69, 9.17) is 9.97 Å². The van der Waals surface area contributed by atoms with E-state index in [0.29, 0.717) is 22.6 Å². The molecule has 0 bridgehead atoms. The van der Waals surface area contributed by atoms with Crippen molar-refractivity contribution in [2.75, 3.05) is 4.90 Å². The lowest BCUT2D eigenvalue weighted by molar-refractivity contribution is 1.15. The summed E-state index contributed by atoms with van der Waals surface area (Å²) in [4.78, 5) is 12.2. The van der Waals surface area contributed by atoms with E-state index in [0.717, 1.165) is 89.2 Å². The van der Waals surface area contributed by atoms with E-state index in [1.165, 1.54) is 0 Å². The van der Waals surface area contributed by atoms with E-state index >= 15 is 0 Å². The van der Waals surface area contributed by atoms with Gasteiger partial charge in [-0.3, -0.25) is 0 Å². The largest absolute Gasteiger partial charge is 0.310 e. The summed E-state index contributed by atoms with van der Waals surface area (Å²) in [6.45, 7) is 0. The predicted molar refractivity (Wildman–Crippen MR) is 268 cm³/mol. The molecule has 9 aromatic carbocycles. The first-order chi connectivity index (χ1) is 32.6. The molecule has 0 saturated carbocycles. The number of hydrogen-bond donors (Lipinski definition) is 0. The zero-order valence-electron chi connectivity index (χ0n) is 35.6. The van der Waals surface area contributed by atoms with Crippen LogP contribution in [-0.2, 0) is 0 Å². The Labute approximate surface area is 382 Å². The number of benzene rings is 9. The molecule has 6 heteroatoms. The lowest BCUT2D eigenvalue weighted by atomic mass is 9.95. The standard InChI is InChI=1S/C60H38N6/c61-39-48-35-47(43-27-25-41(26-28-43)42-29-31-45(32-30-42)56-38-55(44-15-5-1-6-16-44)63-60(64-56)46-17-7-2-8-18-46)36-49(40-62)59(48)66-57-24-14-13-23-53(57)54-37-52(33-34-58(54)66)65(50-19-9-3-10-20-50)51-21-11-4-12-22-51/h1-38H. The van der Waals surface area contributed by atoms with Gasteiger partial charge in [0, 0.05) is 44.5 Å². The van der Waals surface area contributed by atoms with Crippen LogP contribution in [0.15, 0.2) is 231 Å². The van der Waals surface area contributed by atoms with Gasteiger partial charge < -0.3 is 9.47 Å². The van der Waals surface area contributed by atoms with Crippen molar-refractivity contribution in [2.24, 2.45) is 0 Å². The Morgan fingerprint density at radius 3 is 1.33 bits per heavy atom. The molecule has 0 unspecified atom stereocenters. The monoisotopic (exact) mass is 842 g/mol. The highest BCUT2D eigenvalue weighted by Gasteiger charge is 2.22. The van der Waals surface area contributed by atoms with E-state index in [9.17, 15) is 10.5 Å². The van der Waals surface area contributed by atoms with Crippen LogP contribution in [0.4, 0.5) is 17.1 Å². The summed E-state index contributed by atoms with van der Waals surface area (Å²) in [5.41, 5.74) is 14.8. The van der Waals surface area contributed by atoms with Gasteiger partial charge in [-0.15, -0.1) is 0 Å². The van der Waals surface area contributed by atoms with Crippen molar-refractivity contribution >= 4 is 38.9 Å². The smallest absolute Gasteiger partial charge is 0.160 e. The van der Waals surface area contributed by atoms with E-state index in [2.05, 4.69) is 137 Å². The highest BCUT2D eigenvalue weighted by molar-refractivity contribution is 6.11. The van der Waals surface area contributed by atoms with Crippen LogP contribution < -0.4 is 4.90 Å². The van der Waals surface area contributed by atoms with Crippen LogP contribution in [0.5, 0.6) is 0 Å². The van der Waals surface area contributed by atoms with Crippen LogP contribution in [0.1, 0.15) is 11.1 Å². The van der Waals surface area contributed by atoms with Crippen molar-refractivity contribution in [3.05, 3.63) is 242 Å². The molecule has 6 nitrogen and oxygen atoms in total. The average Bonchev–Trinajstić information content (AvgIpc) is 3.72. The third-order valence-electron chi connectivity index (χ3n) is 12.1. The zero-order valence-corrected chi connectivity index (χ0v) is 35.6. The number of nitriles is 2. The summed E-state index contributed by atoms with van der Waals surface area (Å²) in [7, 11) is 0. The zero-order chi connectivity index (χ0) is 44.4. The van der Waals surface area contributed by atoms with Gasteiger partial charge in [-0.1, -0.05) is 164 Å². The Balaban J connectivity index is 0.931. The molecule has 0 atom stereocenters. The highest BCUT2D eigenvalue weighted by Crippen LogP contribution is 2.41. The molecule has 0 spiro atoms. The van der Waals surface area contributed by atoms with Crippen molar-refractivity contribution in [3.63, 3.8) is 0 Å².